The molecule has 1 heteroatoms. The first kappa shape index (κ1) is 6.53. The van der Waals surface area contributed by atoms with Crippen LogP contribution in [0.25, 0.3) is 0 Å². The van der Waals surface area contributed by atoms with Gasteiger partial charge in [0.2, 0.25) is 0 Å². The third-order valence-corrected chi connectivity index (χ3v) is 3.30. The average Bonchev–Trinajstić information content (AvgIpc) is 2.05. The predicted octanol–water partition coefficient (Wildman–Crippen LogP) is 3.47. The summed E-state index contributed by atoms with van der Waals surface area (Å²) in [7, 11) is 0. The molecule has 0 aromatic carbocycles. The summed E-state index contributed by atoms with van der Waals surface area (Å²) in [5.41, 5.74) is 1.72. The van der Waals surface area contributed by atoms with E-state index in [0.717, 1.165) is 0 Å². The second kappa shape index (κ2) is 2.83. The summed E-state index contributed by atoms with van der Waals surface area (Å²) in [6.45, 7) is 0. The van der Waals surface area contributed by atoms with Crippen LogP contribution >= 0.6 is 11.8 Å². The lowest BCUT2D eigenvalue weighted by Crippen LogP contribution is -1.98. The van der Waals surface area contributed by atoms with Gasteiger partial charge in [0.15, 0.2) is 0 Å². The van der Waals surface area contributed by atoms with Crippen molar-refractivity contribution < 1.29 is 0 Å². The lowest BCUT2D eigenvalue weighted by Gasteiger charge is -2.20. The fourth-order valence-electron chi connectivity index (χ4n) is 1.62. The Morgan fingerprint density at radius 1 is 1.20 bits per heavy atom. The summed E-state index contributed by atoms with van der Waals surface area (Å²) in [5, 5.41) is 2.24. The van der Waals surface area contributed by atoms with E-state index in [-0.39, 0.29) is 0 Å². The summed E-state index contributed by atoms with van der Waals surface area (Å²) in [6.07, 6.45) is 9.08. The molecule has 0 atom stereocenters. The van der Waals surface area contributed by atoms with Crippen molar-refractivity contribution in [1.29, 1.82) is 0 Å². The highest BCUT2D eigenvalue weighted by molar-refractivity contribution is 8.05. The van der Waals surface area contributed by atoms with E-state index in [4.69, 9.17) is 0 Å². The molecule has 0 aromatic rings. The number of allylic oxidation sites excluding steroid dienone is 3. The van der Waals surface area contributed by atoms with Gasteiger partial charge in [-0.25, -0.2) is 0 Å². The summed E-state index contributed by atoms with van der Waals surface area (Å²) < 4.78 is 0. The van der Waals surface area contributed by atoms with E-state index < -0.39 is 0 Å². The molecule has 54 valence electrons. The number of rotatable bonds is 0. The molecule has 0 radical (unpaired) electrons. The monoisotopic (exact) mass is 152 g/mol. The van der Waals surface area contributed by atoms with Gasteiger partial charge in [-0.1, -0.05) is 11.6 Å². The second-order valence-corrected chi connectivity index (χ2v) is 3.93. The van der Waals surface area contributed by atoms with E-state index in [2.05, 4.69) is 11.5 Å². The molecule has 10 heavy (non-hydrogen) atoms. The lowest BCUT2D eigenvalue weighted by molar-refractivity contribution is 0.683. The fourth-order valence-corrected chi connectivity index (χ4v) is 2.59. The summed E-state index contributed by atoms with van der Waals surface area (Å²) in [6, 6.07) is 0. The molecule has 0 fully saturated rings. The third kappa shape index (κ3) is 1.15. The molecule has 0 amide bonds. The molecule has 0 aromatic heterocycles. The van der Waals surface area contributed by atoms with Crippen molar-refractivity contribution in [3.05, 3.63) is 22.0 Å². The van der Waals surface area contributed by atoms with E-state index in [1.54, 1.807) is 10.5 Å². The fraction of sp³-hybridized carbons (Fsp3) is 0.556. The van der Waals surface area contributed by atoms with Gasteiger partial charge in [-0.15, -0.1) is 11.8 Å². The maximum Gasteiger partial charge on any atom is -0.0113 e. The number of thioether (sulfide) groups is 1. The zero-order valence-corrected chi connectivity index (χ0v) is 6.91. The predicted molar refractivity (Wildman–Crippen MR) is 46.8 cm³/mol. The molecule has 1 heterocycles. The quantitative estimate of drug-likeness (QED) is 0.512. The number of hydrogen-bond acceptors (Lipinski definition) is 1. The van der Waals surface area contributed by atoms with Crippen LogP contribution in [-0.4, -0.2) is 0 Å². The Kier molecular flexibility index (Phi) is 1.85. The Labute approximate surface area is 66.4 Å². The Morgan fingerprint density at radius 3 is 3.00 bits per heavy atom. The van der Waals surface area contributed by atoms with Crippen LogP contribution in [0.3, 0.4) is 0 Å². The molecule has 2 rings (SSSR count). The first-order valence-corrected chi connectivity index (χ1v) is 4.87. The van der Waals surface area contributed by atoms with Crippen LogP contribution in [-0.2, 0) is 0 Å². The minimum Gasteiger partial charge on any atom is -0.103 e. The minimum absolute atomic E-state index is 1.24. The first-order valence-electron chi connectivity index (χ1n) is 3.99. The van der Waals surface area contributed by atoms with Gasteiger partial charge in [0, 0.05) is 0 Å². The van der Waals surface area contributed by atoms with Gasteiger partial charge in [-0.3, -0.25) is 0 Å². The zero-order valence-electron chi connectivity index (χ0n) is 6.10. The van der Waals surface area contributed by atoms with Gasteiger partial charge in [-0.05, 0) is 42.4 Å². The van der Waals surface area contributed by atoms with Gasteiger partial charge in [0.05, 0.1) is 0 Å². The van der Waals surface area contributed by atoms with Crippen molar-refractivity contribution in [2.75, 3.05) is 0 Å². The molecule has 0 unspecified atom stereocenters. The van der Waals surface area contributed by atoms with Gasteiger partial charge in [0.25, 0.3) is 0 Å². The highest BCUT2D eigenvalue weighted by atomic mass is 32.2. The van der Waals surface area contributed by atoms with Crippen LogP contribution in [0.1, 0.15) is 32.1 Å². The number of hydrogen-bond donors (Lipinski definition) is 0. The molecule has 0 saturated carbocycles. The Morgan fingerprint density at radius 2 is 2.10 bits per heavy atom. The summed E-state index contributed by atoms with van der Waals surface area (Å²) >= 11 is 1.95. The SMILES string of the molecule is C1=CSC2=C(C1)CCCC2. The Bertz CT molecular complexity index is 169. The molecule has 0 saturated heterocycles. The molecule has 0 N–H and O–H groups in total. The average molecular weight is 152 g/mol. The zero-order chi connectivity index (χ0) is 6.81. The van der Waals surface area contributed by atoms with Crippen molar-refractivity contribution in [3.8, 4) is 0 Å². The molecule has 1 aliphatic carbocycles. The Hall–Kier alpha value is -0.170. The normalized spacial score (nSPS) is 24.8. The highest BCUT2D eigenvalue weighted by Gasteiger charge is 2.13. The van der Waals surface area contributed by atoms with Crippen molar-refractivity contribution in [1.82, 2.24) is 0 Å². The largest absolute Gasteiger partial charge is 0.103 e. The van der Waals surface area contributed by atoms with Crippen LogP contribution < -0.4 is 0 Å². The van der Waals surface area contributed by atoms with Crippen LogP contribution in [0.2, 0.25) is 0 Å². The lowest BCUT2D eigenvalue weighted by atomic mass is 9.97. The van der Waals surface area contributed by atoms with Crippen molar-refractivity contribution in [2.45, 2.75) is 32.1 Å². The van der Waals surface area contributed by atoms with E-state index in [1.165, 1.54) is 32.1 Å². The van der Waals surface area contributed by atoms with Crippen molar-refractivity contribution >= 4 is 11.8 Å². The highest BCUT2D eigenvalue weighted by Crippen LogP contribution is 2.37. The summed E-state index contributed by atoms with van der Waals surface area (Å²) in [4.78, 5) is 1.67. The van der Waals surface area contributed by atoms with Crippen molar-refractivity contribution in [3.63, 3.8) is 0 Å². The topological polar surface area (TPSA) is 0 Å². The molecular formula is C9H12S. The van der Waals surface area contributed by atoms with Gasteiger partial charge < -0.3 is 0 Å². The second-order valence-electron chi connectivity index (χ2n) is 2.93. The van der Waals surface area contributed by atoms with E-state index >= 15 is 0 Å². The van der Waals surface area contributed by atoms with Gasteiger partial charge >= 0.3 is 0 Å². The molecular weight excluding hydrogens is 140 g/mol. The molecule has 2 aliphatic rings. The van der Waals surface area contributed by atoms with Gasteiger partial charge in [0.1, 0.15) is 0 Å². The molecule has 0 bridgehead atoms. The van der Waals surface area contributed by atoms with E-state index in [1.807, 2.05) is 11.8 Å². The van der Waals surface area contributed by atoms with E-state index in [9.17, 15) is 0 Å². The standard InChI is InChI=1S/C9H12S/c1-2-6-9-8(4-1)5-3-7-10-9/h3,7H,1-2,4-6H2. The van der Waals surface area contributed by atoms with E-state index in [0.29, 0.717) is 0 Å². The first-order chi connectivity index (χ1) is 4.97. The smallest absolute Gasteiger partial charge is 0.0113 e. The van der Waals surface area contributed by atoms with Crippen LogP contribution in [0.4, 0.5) is 0 Å². The van der Waals surface area contributed by atoms with Crippen LogP contribution in [0, 0.1) is 0 Å². The maximum absolute atomic E-state index is 2.29. The molecule has 1 aliphatic heterocycles. The molecule has 0 nitrogen and oxygen atoms in total. The van der Waals surface area contributed by atoms with Crippen LogP contribution in [0.15, 0.2) is 22.0 Å². The Balaban J connectivity index is 2.17. The maximum atomic E-state index is 2.29. The van der Waals surface area contributed by atoms with Gasteiger partial charge in [-0.2, -0.15) is 0 Å². The summed E-state index contributed by atoms with van der Waals surface area (Å²) in [5.74, 6) is 0. The minimum atomic E-state index is 1.24. The third-order valence-electron chi connectivity index (χ3n) is 2.20. The van der Waals surface area contributed by atoms with Crippen molar-refractivity contribution in [2.24, 2.45) is 0 Å². The molecule has 0 spiro atoms. The van der Waals surface area contributed by atoms with Crippen LogP contribution in [0.5, 0.6) is 0 Å².